The molecule has 6 nitrogen and oxygen atoms in total. The summed E-state index contributed by atoms with van der Waals surface area (Å²) in [6, 6.07) is 23.8. The van der Waals surface area contributed by atoms with Crippen LogP contribution in [0.15, 0.2) is 88.8 Å². The number of benzene rings is 3. The molecule has 0 unspecified atom stereocenters. The van der Waals surface area contributed by atoms with E-state index in [4.69, 9.17) is 27.2 Å². The lowest BCUT2D eigenvalue weighted by atomic mass is 9.96. The predicted molar refractivity (Wildman–Crippen MR) is 139 cm³/mol. The van der Waals surface area contributed by atoms with Crippen molar-refractivity contribution in [2.45, 2.75) is 41.7 Å². The zero-order valence-corrected chi connectivity index (χ0v) is 20.8. The molecule has 4 rings (SSSR count). The summed E-state index contributed by atoms with van der Waals surface area (Å²) in [5, 5.41) is 9.53. The number of carbonyl (C=O) groups is 1. The molecule has 4 aromatic rings. The predicted octanol–water partition coefficient (Wildman–Crippen LogP) is 6.50. The lowest BCUT2D eigenvalue weighted by molar-refractivity contribution is -0.137. The Morgan fingerprint density at radius 1 is 1.11 bits per heavy atom. The number of nitrogens with zero attached hydrogens (tertiary/aromatic N) is 1. The molecular formula is C27H26ClN3O3S. The van der Waals surface area contributed by atoms with Crippen LogP contribution in [0.2, 0.25) is 5.02 Å². The van der Waals surface area contributed by atoms with Crippen LogP contribution >= 0.6 is 23.4 Å². The van der Waals surface area contributed by atoms with Crippen molar-refractivity contribution >= 4 is 29.3 Å². The van der Waals surface area contributed by atoms with Gasteiger partial charge in [0.25, 0.3) is 0 Å². The molecule has 180 valence electrons. The van der Waals surface area contributed by atoms with E-state index in [0.29, 0.717) is 17.5 Å². The Labute approximate surface area is 213 Å². The highest BCUT2D eigenvalue weighted by Gasteiger charge is 2.26. The summed E-state index contributed by atoms with van der Waals surface area (Å²) in [5.74, 6) is 0.438. The zero-order valence-electron chi connectivity index (χ0n) is 19.2. The maximum Gasteiger partial charge on any atom is 0.303 e. The number of hydrogen-bond acceptors (Lipinski definition) is 5. The summed E-state index contributed by atoms with van der Waals surface area (Å²) in [6.07, 6.45) is 1.91. The number of nitrogens with one attached hydrogen (secondary N) is 1. The smallest absolute Gasteiger partial charge is 0.303 e. The maximum atomic E-state index is 10.9. The second-order valence-corrected chi connectivity index (χ2v) is 10.0. The molecule has 3 aromatic carbocycles. The molecular weight excluding hydrogens is 482 g/mol. The molecule has 8 heteroatoms. The van der Waals surface area contributed by atoms with Gasteiger partial charge in [-0.25, -0.2) is 4.98 Å². The molecule has 0 aliphatic carbocycles. The van der Waals surface area contributed by atoms with Crippen molar-refractivity contribution in [1.29, 1.82) is 0 Å². The van der Waals surface area contributed by atoms with Crippen molar-refractivity contribution in [2.75, 3.05) is 0 Å². The third-order valence-electron chi connectivity index (χ3n) is 5.50. The van der Waals surface area contributed by atoms with Crippen LogP contribution in [0.5, 0.6) is 5.75 Å². The SMILES string of the molecule is C[C@](N)(CCC(=O)O)c1ncc(-c2ccc(Sc3cccc(OCc4ccccc4)c3)cc2Cl)[nH]1. The van der Waals surface area contributed by atoms with Gasteiger partial charge in [0.2, 0.25) is 0 Å². The standard InChI is InChI=1S/C27H26ClN3O3S/c1-27(29,13-12-25(32)33)26-30-16-24(31-26)22-11-10-21(15-23(22)28)35-20-9-5-8-19(14-20)34-17-18-6-3-2-4-7-18/h2-11,14-16H,12-13,17,29H2,1H3,(H,30,31)(H,32,33)/t27-/m0/s1. The van der Waals surface area contributed by atoms with Crippen molar-refractivity contribution in [3.05, 3.63) is 95.4 Å². The third kappa shape index (κ3) is 6.66. The van der Waals surface area contributed by atoms with E-state index in [1.54, 1.807) is 24.9 Å². The zero-order chi connectivity index (χ0) is 24.8. The van der Waals surface area contributed by atoms with E-state index < -0.39 is 11.5 Å². The normalized spacial score (nSPS) is 12.8. The van der Waals surface area contributed by atoms with Gasteiger partial charge in [-0.3, -0.25) is 4.79 Å². The van der Waals surface area contributed by atoms with Gasteiger partial charge in [-0.1, -0.05) is 65.8 Å². The highest BCUT2D eigenvalue weighted by atomic mass is 35.5. The molecule has 0 aliphatic rings. The molecule has 0 bridgehead atoms. The third-order valence-corrected chi connectivity index (χ3v) is 6.79. The summed E-state index contributed by atoms with van der Waals surface area (Å²) < 4.78 is 5.94. The van der Waals surface area contributed by atoms with Crippen molar-refractivity contribution in [2.24, 2.45) is 5.73 Å². The molecule has 35 heavy (non-hydrogen) atoms. The first-order valence-corrected chi connectivity index (χ1v) is 12.3. The fourth-order valence-corrected chi connectivity index (χ4v) is 4.77. The lowest BCUT2D eigenvalue weighted by Gasteiger charge is -2.21. The largest absolute Gasteiger partial charge is 0.489 e. The van der Waals surface area contributed by atoms with Gasteiger partial charge in [0.15, 0.2) is 0 Å². The number of imidazole rings is 1. The summed E-state index contributed by atoms with van der Waals surface area (Å²) >= 11 is 8.20. The second-order valence-electron chi connectivity index (χ2n) is 8.45. The minimum absolute atomic E-state index is 0.0335. The Kier molecular flexibility index (Phi) is 7.80. The molecule has 1 aromatic heterocycles. The number of aromatic nitrogens is 2. The van der Waals surface area contributed by atoms with E-state index in [2.05, 4.69) is 9.97 Å². The molecule has 0 amide bonds. The Bertz CT molecular complexity index is 1310. The van der Waals surface area contributed by atoms with E-state index >= 15 is 0 Å². The minimum Gasteiger partial charge on any atom is -0.489 e. The Morgan fingerprint density at radius 3 is 2.63 bits per heavy atom. The first kappa shape index (κ1) is 24.9. The molecule has 0 fully saturated rings. The van der Waals surface area contributed by atoms with Crippen molar-refractivity contribution in [3.63, 3.8) is 0 Å². The number of rotatable bonds is 10. The highest BCUT2D eigenvalue weighted by molar-refractivity contribution is 7.99. The molecule has 0 spiro atoms. The molecule has 1 heterocycles. The second kappa shape index (κ2) is 11.0. The first-order chi connectivity index (χ1) is 16.8. The van der Waals surface area contributed by atoms with Gasteiger partial charge < -0.3 is 20.6 Å². The van der Waals surface area contributed by atoms with Crippen LogP contribution < -0.4 is 10.5 Å². The van der Waals surface area contributed by atoms with Gasteiger partial charge in [-0.05, 0) is 49.2 Å². The van der Waals surface area contributed by atoms with Crippen LogP contribution in [0.1, 0.15) is 31.2 Å². The average molecular weight is 508 g/mol. The van der Waals surface area contributed by atoms with Gasteiger partial charge >= 0.3 is 5.97 Å². The number of nitrogens with two attached hydrogens (primary N) is 1. The molecule has 0 radical (unpaired) electrons. The van der Waals surface area contributed by atoms with E-state index in [1.807, 2.05) is 72.8 Å². The van der Waals surface area contributed by atoms with Crippen LogP contribution in [0.4, 0.5) is 0 Å². The minimum atomic E-state index is -0.891. The van der Waals surface area contributed by atoms with E-state index in [1.165, 1.54) is 0 Å². The Balaban J connectivity index is 1.44. The number of ether oxygens (including phenoxy) is 1. The van der Waals surface area contributed by atoms with E-state index in [9.17, 15) is 4.79 Å². The summed E-state index contributed by atoms with van der Waals surface area (Å²) in [6.45, 7) is 2.28. The maximum absolute atomic E-state index is 10.9. The summed E-state index contributed by atoms with van der Waals surface area (Å²) in [7, 11) is 0. The number of aromatic amines is 1. The molecule has 0 saturated heterocycles. The fourth-order valence-electron chi connectivity index (χ4n) is 3.52. The topological polar surface area (TPSA) is 101 Å². The van der Waals surface area contributed by atoms with Gasteiger partial charge in [0, 0.05) is 21.8 Å². The number of halogens is 1. The Hall–Kier alpha value is -3.26. The fraction of sp³-hybridized carbons (Fsp3) is 0.185. The van der Waals surface area contributed by atoms with Crippen molar-refractivity contribution < 1.29 is 14.6 Å². The van der Waals surface area contributed by atoms with Crippen molar-refractivity contribution in [1.82, 2.24) is 9.97 Å². The first-order valence-electron chi connectivity index (χ1n) is 11.1. The molecule has 0 saturated carbocycles. The van der Waals surface area contributed by atoms with Gasteiger partial charge in [-0.2, -0.15) is 0 Å². The van der Waals surface area contributed by atoms with Crippen molar-refractivity contribution in [3.8, 4) is 17.0 Å². The van der Waals surface area contributed by atoms with Crippen LogP contribution in [0.25, 0.3) is 11.3 Å². The van der Waals surface area contributed by atoms with Crippen LogP contribution in [0, 0.1) is 0 Å². The van der Waals surface area contributed by atoms with Crippen LogP contribution in [-0.4, -0.2) is 21.0 Å². The Morgan fingerprint density at radius 2 is 1.89 bits per heavy atom. The molecule has 4 N–H and O–H groups in total. The highest BCUT2D eigenvalue weighted by Crippen LogP contribution is 2.36. The number of H-pyrrole nitrogens is 1. The number of carboxylic acids is 1. The average Bonchev–Trinajstić information content (AvgIpc) is 3.34. The monoisotopic (exact) mass is 507 g/mol. The van der Waals surface area contributed by atoms with E-state index in [0.717, 1.165) is 32.4 Å². The lowest BCUT2D eigenvalue weighted by Crippen LogP contribution is -2.34. The van der Waals surface area contributed by atoms with Crippen LogP contribution in [0.3, 0.4) is 0 Å². The summed E-state index contributed by atoms with van der Waals surface area (Å²) in [4.78, 5) is 20.5. The van der Waals surface area contributed by atoms with Gasteiger partial charge in [-0.15, -0.1) is 0 Å². The summed E-state index contributed by atoms with van der Waals surface area (Å²) in [5.41, 5.74) is 8.05. The van der Waals surface area contributed by atoms with Gasteiger partial charge in [0.1, 0.15) is 18.2 Å². The number of hydrogen-bond donors (Lipinski definition) is 3. The number of aliphatic carboxylic acids is 1. The quantitative estimate of drug-likeness (QED) is 0.226. The molecule has 0 aliphatic heterocycles. The van der Waals surface area contributed by atoms with Gasteiger partial charge in [0.05, 0.1) is 22.5 Å². The number of carboxylic acid groups (broad SMARTS) is 1. The molecule has 1 atom stereocenters. The van der Waals surface area contributed by atoms with E-state index in [-0.39, 0.29) is 12.8 Å². The van der Waals surface area contributed by atoms with Crippen LogP contribution in [-0.2, 0) is 16.9 Å².